The molecule has 1 rings (SSSR count). The van der Waals surface area contributed by atoms with Crippen molar-refractivity contribution in [3.05, 3.63) is 23.4 Å². The van der Waals surface area contributed by atoms with Gasteiger partial charge in [0, 0.05) is 0 Å². The van der Waals surface area contributed by atoms with Crippen LogP contribution in [0.1, 0.15) is 11.3 Å². The molecule has 0 saturated heterocycles. The van der Waals surface area contributed by atoms with E-state index in [9.17, 15) is 0 Å². The molecule has 10 heavy (non-hydrogen) atoms. The predicted octanol–water partition coefficient (Wildman–Crippen LogP) is 0.954. The summed E-state index contributed by atoms with van der Waals surface area (Å²) in [6, 6.07) is 3.63. The molecule has 0 atom stereocenters. The fourth-order valence-electron chi connectivity index (χ4n) is 0.625. The van der Waals surface area contributed by atoms with Crippen LogP contribution in [0.15, 0.2) is 12.1 Å². The van der Waals surface area contributed by atoms with Crippen LogP contribution in [0.2, 0.25) is 0 Å². The summed E-state index contributed by atoms with van der Waals surface area (Å²) in [4.78, 5) is 3.93. The van der Waals surface area contributed by atoms with Gasteiger partial charge in [0.2, 0.25) is 0 Å². The highest BCUT2D eigenvalue weighted by atomic mass is 14.8. The van der Waals surface area contributed by atoms with Crippen molar-refractivity contribution >= 4 is 5.82 Å². The van der Waals surface area contributed by atoms with Crippen LogP contribution in [0.4, 0.5) is 5.82 Å². The first-order valence-corrected chi connectivity index (χ1v) is 2.94. The number of anilines is 1. The van der Waals surface area contributed by atoms with E-state index < -0.39 is 0 Å². The number of aryl methyl sites for hydroxylation is 1. The van der Waals surface area contributed by atoms with Crippen LogP contribution in [-0.4, -0.2) is 4.98 Å². The molecule has 0 aliphatic rings. The van der Waals surface area contributed by atoms with E-state index in [0.29, 0.717) is 11.5 Å². The molecule has 2 N–H and O–H groups in total. The standard InChI is InChI=1S/C8H8N2/c1-3-7-5-4-6(2)8(9)10-7/h1,4-5H,2H3,(H2,9,10). The lowest BCUT2D eigenvalue weighted by Gasteiger charge is -1.96. The third kappa shape index (κ3) is 1.08. The first-order valence-electron chi connectivity index (χ1n) is 2.94. The molecule has 1 aromatic heterocycles. The van der Waals surface area contributed by atoms with Crippen molar-refractivity contribution in [1.82, 2.24) is 4.98 Å². The second kappa shape index (κ2) is 2.40. The molecule has 0 aromatic carbocycles. The van der Waals surface area contributed by atoms with Crippen LogP contribution in [-0.2, 0) is 0 Å². The largest absolute Gasteiger partial charge is 0.383 e. The van der Waals surface area contributed by atoms with Gasteiger partial charge in [-0.2, -0.15) is 0 Å². The Hall–Kier alpha value is -1.49. The summed E-state index contributed by atoms with van der Waals surface area (Å²) in [5.41, 5.74) is 7.03. The highest BCUT2D eigenvalue weighted by Gasteiger charge is 1.93. The topological polar surface area (TPSA) is 38.9 Å². The highest BCUT2D eigenvalue weighted by Crippen LogP contribution is 2.06. The molecule has 2 nitrogen and oxygen atoms in total. The lowest BCUT2D eigenvalue weighted by atomic mass is 10.2. The average molecular weight is 132 g/mol. The van der Waals surface area contributed by atoms with E-state index >= 15 is 0 Å². The van der Waals surface area contributed by atoms with Gasteiger partial charge in [0.15, 0.2) is 0 Å². The van der Waals surface area contributed by atoms with Gasteiger partial charge >= 0.3 is 0 Å². The minimum absolute atomic E-state index is 0.510. The maximum Gasteiger partial charge on any atom is 0.127 e. The second-order valence-electron chi connectivity index (χ2n) is 2.04. The lowest BCUT2D eigenvalue weighted by Crippen LogP contribution is -1.94. The molecule has 50 valence electrons. The molecule has 0 bridgehead atoms. The number of nitrogen functional groups attached to an aromatic ring is 1. The first kappa shape index (κ1) is 6.63. The van der Waals surface area contributed by atoms with E-state index in [4.69, 9.17) is 12.2 Å². The molecular weight excluding hydrogens is 124 g/mol. The number of nitrogens with two attached hydrogens (primary N) is 1. The Morgan fingerprint density at radius 1 is 1.60 bits per heavy atom. The Labute approximate surface area is 60.1 Å². The van der Waals surface area contributed by atoms with E-state index in [1.807, 2.05) is 13.0 Å². The van der Waals surface area contributed by atoms with E-state index in [1.54, 1.807) is 6.07 Å². The summed E-state index contributed by atoms with van der Waals surface area (Å²) < 4.78 is 0. The van der Waals surface area contributed by atoms with Crippen molar-refractivity contribution in [3.63, 3.8) is 0 Å². The van der Waals surface area contributed by atoms with Gasteiger partial charge in [0.1, 0.15) is 11.5 Å². The highest BCUT2D eigenvalue weighted by molar-refractivity contribution is 5.42. The summed E-state index contributed by atoms with van der Waals surface area (Å²) in [6.07, 6.45) is 5.10. The first-order chi connectivity index (χ1) is 4.74. The number of terminal acetylenes is 1. The van der Waals surface area contributed by atoms with Crippen LogP contribution in [0.3, 0.4) is 0 Å². The molecule has 0 saturated carbocycles. The average Bonchev–Trinajstić information content (AvgIpc) is 1.95. The van der Waals surface area contributed by atoms with Gasteiger partial charge in [0.25, 0.3) is 0 Å². The zero-order valence-corrected chi connectivity index (χ0v) is 5.76. The molecule has 0 radical (unpaired) electrons. The zero-order chi connectivity index (χ0) is 7.56. The van der Waals surface area contributed by atoms with Crippen LogP contribution in [0.5, 0.6) is 0 Å². The summed E-state index contributed by atoms with van der Waals surface area (Å²) in [6.45, 7) is 1.89. The SMILES string of the molecule is C#Cc1ccc(C)c(N)n1. The van der Waals surface area contributed by atoms with Gasteiger partial charge in [-0.05, 0) is 18.6 Å². The van der Waals surface area contributed by atoms with Crippen molar-refractivity contribution < 1.29 is 0 Å². The molecule has 1 heterocycles. The van der Waals surface area contributed by atoms with Gasteiger partial charge in [-0.1, -0.05) is 12.0 Å². The van der Waals surface area contributed by atoms with Crippen molar-refractivity contribution in [1.29, 1.82) is 0 Å². The van der Waals surface area contributed by atoms with Gasteiger partial charge in [-0.25, -0.2) is 4.98 Å². The molecular formula is C8H8N2. The number of nitrogens with zero attached hydrogens (tertiary/aromatic N) is 1. The third-order valence-electron chi connectivity index (χ3n) is 1.28. The Morgan fingerprint density at radius 3 is 2.80 bits per heavy atom. The smallest absolute Gasteiger partial charge is 0.127 e. The summed E-state index contributed by atoms with van der Waals surface area (Å²) in [5.74, 6) is 2.91. The van der Waals surface area contributed by atoms with Gasteiger partial charge in [-0.3, -0.25) is 0 Å². The van der Waals surface area contributed by atoms with Gasteiger partial charge < -0.3 is 5.73 Å². The number of hydrogen-bond donors (Lipinski definition) is 1. The maximum absolute atomic E-state index is 5.49. The second-order valence-corrected chi connectivity index (χ2v) is 2.04. The Bertz CT molecular complexity index is 284. The maximum atomic E-state index is 5.49. The number of pyridine rings is 1. The number of hydrogen-bond acceptors (Lipinski definition) is 2. The van der Waals surface area contributed by atoms with E-state index in [1.165, 1.54) is 0 Å². The Kier molecular flexibility index (Phi) is 1.59. The quantitative estimate of drug-likeness (QED) is 0.534. The van der Waals surface area contributed by atoms with Crippen molar-refractivity contribution in [2.24, 2.45) is 0 Å². The monoisotopic (exact) mass is 132 g/mol. The summed E-state index contributed by atoms with van der Waals surface area (Å²) in [7, 11) is 0. The van der Waals surface area contributed by atoms with E-state index in [-0.39, 0.29) is 0 Å². The van der Waals surface area contributed by atoms with E-state index in [0.717, 1.165) is 5.56 Å². The number of aromatic nitrogens is 1. The van der Waals surface area contributed by atoms with Crippen molar-refractivity contribution in [2.45, 2.75) is 6.92 Å². The van der Waals surface area contributed by atoms with Gasteiger partial charge in [0.05, 0.1) is 0 Å². The molecule has 0 spiro atoms. The predicted molar refractivity (Wildman–Crippen MR) is 41.3 cm³/mol. The molecule has 0 fully saturated rings. The summed E-state index contributed by atoms with van der Waals surface area (Å²) in [5, 5.41) is 0. The molecule has 1 aromatic rings. The number of rotatable bonds is 0. The molecule has 0 aliphatic heterocycles. The van der Waals surface area contributed by atoms with Gasteiger partial charge in [-0.15, -0.1) is 6.42 Å². The fourth-order valence-corrected chi connectivity index (χ4v) is 0.625. The van der Waals surface area contributed by atoms with Crippen molar-refractivity contribution in [3.8, 4) is 12.3 Å². The molecule has 0 unspecified atom stereocenters. The lowest BCUT2D eigenvalue weighted by molar-refractivity contribution is 1.25. The Balaban J connectivity index is 3.20. The van der Waals surface area contributed by atoms with Crippen LogP contribution < -0.4 is 5.73 Å². The molecule has 0 aliphatic carbocycles. The van der Waals surface area contributed by atoms with Crippen molar-refractivity contribution in [2.75, 3.05) is 5.73 Å². The Morgan fingerprint density at radius 2 is 2.30 bits per heavy atom. The zero-order valence-electron chi connectivity index (χ0n) is 5.76. The van der Waals surface area contributed by atoms with Crippen LogP contribution in [0, 0.1) is 19.3 Å². The fraction of sp³-hybridized carbons (Fsp3) is 0.125. The molecule has 0 amide bonds. The third-order valence-corrected chi connectivity index (χ3v) is 1.28. The van der Waals surface area contributed by atoms with Crippen LogP contribution in [0.25, 0.3) is 0 Å². The minimum atomic E-state index is 0.510. The van der Waals surface area contributed by atoms with E-state index in [2.05, 4.69) is 10.9 Å². The normalized spacial score (nSPS) is 8.80. The van der Waals surface area contributed by atoms with Crippen LogP contribution >= 0.6 is 0 Å². The minimum Gasteiger partial charge on any atom is -0.383 e. The summed E-state index contributed by atoms with van der Waals surface area (Å²) >= 11 is 0. The molecule has 2 heteroatoms.